The van der Waals surface area contributed by atoms with Crippen LogP contribution >= 0.6 is 11.3 Å². The third-order valence-corrected chi connectivity index (χ3v) is 5.87. The number of carbonyl (C=O) groups is 2. The minimum absolute atomic E-state index is 0.0446. The molecule has 0 unspecified atom stereocenters. The Morgan fingerprint density at radius 1 is 1.33 bits per heavy atom. The summed E-state index contributed by atoms with van der Waals surface area (Å²) >= 11 is 1.37. The number of carbonyl (C=O) groups excluding carboxylic acids is 2. The molecule has 2 aromatic heterocycles. The minimum atomic E-state index is -0.552. The van der Waals surface area contributed by atoms with Gasteiger partial charge >= 0.3 is 0 Å². The van der Waals surface area contributed by atoms with Crippen molar-refractivity contribution in [3.8, 4) is 0 Å². The maximum Gasteiger partial charge on any atom is 0.231 e. The van der Waals surface area contributed by atoms with Crippen molar-refractivity contribution in [2.75, 3.05) is 16.8 Å². The van der Waals surface area contributed by atoms with Crippen molar-refractivity contribution in [1.82, 2.24) is 20.4 Å². The lowest BCUT2D eigenvalue weighted by molar-refractivity contribution is -0.122. The molecule has 8 nitrogen and oxygen atoms in total. The fraction of sp³-hybridized carbons (Fsp3) is 0.353. The highest BCUT2D eigenvalue weighted by Gasteiger charge is 2.38. The van der Waals surface area contributed by atoms with Crippen LogP contribution in [-0.2, 0) is 9.59 Å². The van der Waals surface area contributed by atoms with Gasteiger partial charge in [-0.05, 0) is 25.0 Å². The number of rotatable bonds is 4. The molecule has 2 N–H and O–H groups in total. The van der Waals surface area contributed by atoms with E-state index in [-0.39, 0.29) is 36.0 Å². The van der Waals surface area contributed by atoms with Crippen LogP contribution in [0, 0.1) is 11.7 Å². The van der Waals surface area contributed by atoms with Crippen LogP contribution in [0.25, 0.3) is 10.9 Å². The topological polar surface area (TPSA) is 104 Å². The predicted molar refractivity (Wildman–Crippen MR) is 97.0 cm³/mol. The summed E-state index contributed by atoms with van der Waals surface area (Å²) in [7, 11) is 0. The van der Waals surface area contributed by atoms with Crippen molar-refractivity contribution in [1.29, 1.82) is 0 Å². The molecule has 3 heterocycles. The fourth-order valence-electron chi connectivity index (χ4n) is 3.28. The first-order valence-corrected chi connectivity index (χ1v) is 9.49. The molecule has 27 heavy (non-hydrogen) atoms. The van der Waals surface area contributed by atoms with Crippen LogP contribution in [0.5, 0.6) is 0 Å². The van der Waals surface area contributed by atoms with Gasteiger partial charge in [0.1, 0.15) is 10.8 Å². The Morgan fingerprint density at radius 3 is 3.00 bits per heavy atom. The number of halogens is 1. The van der Waals surface area contributed by atoms with Crippen LogP contribution in [-0.4, -0.2) is 38.8 Å². The number of hydrogen-bond acceptors (Lipinski definition) is 6. The van der Waals surface area contributed by atoms with Crippen molar-refractivity contribution in [2.45, 2.75) is 25.2 Å². The second kappa shape index (κ2) is 6.08. The van der Waals surface area contributed by atoms with E-state index < -0.39 is 11.7 Å². The summed E-state index contributed by atoms with van der Waals surface area (Å²) in [5.74, 6) is -0.870. The van der Waals surface area contributed by atoms with E-state index in [0.29, 0.717) is 16.6 Å². The number of nitrogens with zero attached hydrogens (tertiary/aromatic N) is 4. The highest BCUT2D eigenvalue weighted by Crippen LogP contribution is 2.42. The van der Waals surface area contributed by atoms with E-state index in [0.717, 1.165) is 17.8 Å². The van der Waals surface area contributed by atoms with Gasteiger partial charge in [0.2, 0.25) is 16.9 Å². The van der Waals surface area contributed by atoms with Gasteiger partial charge in [0, 0.05) is 18.9 Å². The lowest BCUT2D eigenvalue weighted by Gasteiger charge is -2.14. The number of aromatic amines is 1. The maximum absolute atomic E-state index is 14.2. The summed E-state index contributed by atoms with van der Waals surface area (Å²) in [6, 6.07) is 4.57. The molecule has 10 heteroatoms. The molecule has 2 amide bonds. The Bertz CT molecular complexity index is 1060. The molecule has 2 aliphatic rings. The van der Waals surface area contributed by atoms with E-state index in [1.807, 2.05) is 0 Å². The standard InChI is InChI=1S/C17H15FN6O2S/c18-10-2-1-3-11-13(10)14(21-20-11)24-7-9(6-12(24)25)15(26)19-17-23-22-16(27-17)8-4-5-8/h1-3,8-9H,4-7H2,(H,20,21)(H,19,23,26)/t9-/m0/s1. The maximum atomic E-state index is 14.2. The van der Waals surface area contributed by atoms with Gasteiger partial charge in [0.15, 0.2) is 5.82 Å². The van der Waals surface area contributed by atoms with Crippen molar-refractivity contribution in [3.05, 3.63) is 29.0 Å². The summed E-state index contributed by atoms with van der Waals surface area (Å²) in [6.07, 6.45) is 2.27. The first kappa shape index (κ1) is 16.3. The van der Waals surface area contributed by atoms with Crippen LogP contribution in [0.3, 0.4) is 0 Å². The van der Waals surface area contributed by atoms with E-state index in [1.165, 1.54) is 22.3 Å². The van der Waals surface area contributed by atoms with Crippen LogP contribution in [0.4, 0.5) is 15.3 Å². The summed E-state index contributed by atoms with van der Waals surface area (Å²) in [5.41, 5.74) is 0.507. The van der Waals surface area contributed by atoms with Gasteiger partial charge in [-0.2, -0.15) is 5.10 Å². The van der Waals surface area contributed by atoms with Crippen molar-refractivity contribution in [2.24, 2.45) is 5.92 Å². The minimum Gasteiger partial charge on any atom is -0.300 e. The van der Waals surface area contributed by atoms with E-state index in [1.54, 1.807) is 12.1 Å². The molecule has 0 spiro atoms. The number of aromatic nitrogens is 4. The molecule has 5 rings (SSSR count). The summed E-state index contributed by atoms with van der Waals surface area (Å²) in [4.78, 5) is 26.4. The number of benzene rings is 1. The number of fused-ring (bicyclic) bond motifs is 1. The Morgan fingerprint density at radius 2 is 2.19 bits per heavy atom. The molecule has 0 radical (unpaired) electrons. The Balaban J connectivity index is 1.34. The molecule has 1 aliphatic carbocycles. The Kier molecular flexibility index (Phi) is 3.67. The molecular weight excluding hydrogens is 371 g/mol. The Labute approximate surface area is 156 Å². The van der Waals surface area contributed by atoms with Gasteiger partial charge in [-0.25, -0.2) is 4.39 Å². The van der Waals surface area contributed by atoms with Crippen molar-refractivity contribution < 1.29 is 14.0 Å². The zero-order valence-corrected chi connectivity index (χ0v) is 14.9. The van der Waals surface area contributed by atoms with E-state index in [9.17, 15) is 14.0 Å². The lowest BCUT2D eigenvalue weighted by Crippen LogP contribution is -2.28. The van der Waals surface area contributed by atoms with Gasteiger partial charge in [-0.15, -0.1) is 10.2 Å². The van der Waals surface area contributed by atoms with Gasteiger partial charge in [-0.1, -0.05) is 17.4 Å². The first-order chi connectivity index (χ1) is 13.1. The molecule has 1 aromatic carbocycles. The van der Waals surface area contributed by atoms with Crippen molar-refractivity contribution >= 4 is 45.0 Å². The monoisotopic (exact) mass is 386 g/mol. The average Bonchev–Trinajstić information content (AvgIpc) is 3.06. The van der Waals surface area contributed by atoms with Crippen LogP contribution in [0.1, 0.15) is 30.2 Å². The number of H-pyrrole nitrogens is 1. The molecule has 1 saturated carbocycles. The normalized spacial score (nSPS) is 19.8. The van der Waals surface area contributed by atoms with Gasteiger partial charge in [0.25, 0.3) is 0 Å². The molecule has 1 saturated heterocycles. The fourth-order valence-corrected chi connectivity index (χ4v) is 4.20. The molecule has 3 aromatic rings. The third-order valence-electron chi connectivity index (χ3n) is 4.87. The summed E-state index contributed by atoms with van der Waals surface area (Å²) in [5, 5.41) is 19.3. The zero-order chi connectivity index (χ0) is 18.5. The number of anilines is 2. The molecule has 1 aliphatic heterocycles. The number of hydrogen-bond donors (Lipinski definition) is 2. The number of amides is 2. The largest absolute Gasteiger partial charge is 0.300 e. The van der Waals surface area contributed by atoms with Crippen LogP contribution in [0.2, 0.25) is 0 Å². The zero-order valence-electron chi connectivity index (χ0n) is 14.1. The highest BCUT2D eigenvalue weighted by atomic mass is 32.1. The van der Waals surface area contributed by atoms with Gasteiger partial charge < -0.3 is 5.32 Å². The van der Waals surface area contributed by atoms with Gasteiger partial charge in [-0.3, -0.25) is 19.6 Å². The second-order valence-electron chi connectivity index (χ2n) is 6.82. The third kappa shape index (κ3) is 2.85. The van der Waals surface area contributed by atoms with E-state index in [2.05, 4.69) is 25.7 Å². The second-order valence-corrected chi connectivity index (χ2v) is 7.83. The van der Waals surface area contributed by atoms with Crippen LogP contribution in [0.15, 0.2) is 18.2 Å². The molecule has 2 fully saturated rings. The molecule has 138 valence electrons. The molecule has 1 atom stereocenters. The van der Waals surface area contributed by atoms with Gasteiger partial charge in [0.05, 0.1) is 16.8 Å². The lowest BCUT2D eigenvalue weighted by atomic mass is 10.1. The molecule has 0 bridgehead atoms. The SMILES string of the molecule is O=C(Nc1nnc(C2CC2)s1)[C@H]1CC(=O)N(c2n[nH]c3cccc(F)c23)C1. The van der Waals surface area contributed by atoms with Crippen LogP contribution < -0.4 is 10.2 Å². The smallest absolute Gasteiger partial charge is 0.231 e. The average molecular weight is 386 g/mol. The highest BCUT2D eigenvalue weighted by molar-refractivity contribution is 7.15. The van der Waals surface area contributed by atoms with E-state index in [4.69, 9.17) is 0 Å². The Hall–Kier alpha value is -2.88. The quantitative estimate of drug-likeness (QED) is 0.717. The number of nitrogens with one attached hydrogen (secondary N) is 2. The first-order valence-electron chi connectivity index (χ1n) is 8.67. The van der Waals surface area contributed by atoms with E-state index >= 15 is 0 Å². The van der Waals surface area contributed by atoms with Crippen molar-refractivity contribution in [3.63, 3.8) is 0 Å². The predicted octanol–water partition coefficient (Wildman–Crippen LogP) is 2.42. The summed E-state index contributed by atoms with van der Waals surface area (Å²) in [6.45, 7) is 0.146. The molecular formula is C17H15FN6O2S. The summed E-state index contributed by atoms with van der Waals surface area (Å²) < 4.78 is 14.2.